The average molecular weight is 631 g/mol. The number of benzene rings is 10. The van der Waals surface area contributed by atoms with Crippen molar-refractivity contribution in [3.63, 3.8) is 0 Å². The van der Waals surface area contributed by atoms with Gasteiger partial charge in [-0.3, -0.25) is 0 Å². The topological polar surface area (TPSA) is 28.1 Å². The number of rotatable bonds is 3. The van der Waals surface area contributed by atoms with E-state index >= 15 is 0 Å². The normalized spacial score (nSPS) is 11.6. The molecule has 10 aromatic rings. The molecule has 0 atom stereocenters. The second-order valence-corrected chi connectivity index (χ2v) is 13.0. The lowest BCUT2D eigenvalue weighted by atomic mass is 9.82. The Labute approximate surface area is 288 Å². The lowest BCUT2D eigenvalue weighted by molar-refractivity contribution is 1.48. The van der Waals surface area contributed by atoms with Gasteiger partial charge in [0.05, 0.1) is 18.2 Å². The molecule has 0 saturated heterocycles. The van der Waals surface area contributed by atoms with E-state index in [2.05, 4.69) is 132 Å². The zero-order valence-corrected chi connectivity index (χ0v) is 26.9. The number of fused-ring (bicyclic) bond motifs is 5. The van der Waals surface area contributed by atoms with E-state index in [1.165, 1.54) is 75.8 Å². The van der Waals surface area contributed by atoms with E-state index in [-0.39, 0.29) is 0 Å². The molecule has 0 bridgehead atoms. The highest BCUT2D eigenvalue weighted by molar-refractivity contribution is 6.31. The second kappa shape index (κ2) is 10.8. The molecule has 0 amide bonds. The highest BCUT2D eigenvalue weighted by Gasteiger charge is 2.20. The largest absolute Gasteiger partial charge is 0.238 e. The minimum absolute atomic E-state index is 0.631. The molecule has 0 aliphatic carbocycles. The predicted octanol–water partition coefficient (Wildman–Crippen LogP) is 13.5. The van der Waals surface area contributed by atoms with Gasteiger partial charge in [-0.05, 0) is 122 Å². The Balaban J connectivity index is 1.35. The van der Waals surface area contributed by atoms with Crippen molar-refractivity contribution in [2.24, 2.45) is 0 Å². The standard InChI is InChI=1S/C48H26N2/c1-50-35-20-16-32(17-21-35)43-27-45(44-26-34-15-14-30-6-2-3-7-37(30)46(34)39-9-5-4-8-38(39)44)42-25-24-40-36(31-12-10-29(28-49)11-13-31)22-18-33-19-23-41(43)48(42)47(33)40/h2-27H. The summed E-state index contributed by atoms with van der Waals surface area (Å²) in [5, 5.41) is 24.1. The minimum atomic E-state index is 0.631. The van der Waals surface area contributed by atoms with Crippen LogP contribution in [0.5, 0.6) is 0 Å². The number of nitriles is 1. The molecule has 228 valence electrons. The molecule has 0 saturated carbocycles. The Morgan fingerprint density at radius 1 is 0.400 bits per heavy atom. The average Bonchev–Trinajstić information content (AvgIpc) is 3.19. The van der Waals surface area contributed by atoms with Gasteiger partial charge in [-0.15, -0.1) is 0 Å². The summed E-state index contributed by atoms with van der Waals surface area (Å²) in [6.07, 6.45) is 0. The van der Waals surface area contributed by atoms with Crippen LogP contribution >= 0.6 is 0 Å². The van der Waals surface area contributed by atoms with Crippen LogP contribution in [0, 0.1) is 17.9 Å². The first-order valence-corrected chi connectivity index (χ1v) is 16.8. The van der Waals surface area contributed by atoms with Crippen LogP contribution in [-0.2, 0) is 0 Å². The first kappa shape index (κ1) is 28.1. The van der Waals surface area contributed by atoms with Crippen LogP contribution in [0.3, 0.4) is 0 Å². The van der Waals surface area contributed by atoms with Crippen LogP contribution in [0.15, 0.2) is 158 Å². The Kier molecular flexibility index (Phi) is 6.04. The Morgan fingerprint density at radius 2 is 0.980 bits per heavy atom. The fourth-order valence-electron chi connectivity index (χ4n) is 8.15. The lowest BCUT2D eigenvalue weighted by Crippen LogP contribution is -1.93. The van der Waals surface area contributed by atoms with Crippen molar-refractivity contribution in [3.05, 3.63) is 175 Å². The van der Waals surface area contributed by atoms with Crippen molar-refractivity contribution < 1.29 is 0 Å². The van der Waals surface area contributed by atoms with Crippen molar-refractivity contribution >= 4 is 70.3 Å². The van der Waals surface area contributed by atoms with Gasteiger partial charge in [-0.1, -0.05) is 133 Å². The fraction of sp³-hybridized carbons (Fsp3) is 0. The molecule has 0 radical (unpaired) electrons. The number of hydrogen-bond donors (Lipinski definition) is 0. The van der Waals surface area contributed by atoms with Crippen LogP contribution in [0.25, 0.3) is 103 Å². The van der Waals surface area contributed by atoms with E-state index in [0.717, 1.165) is 22.3 Å². The van der Waals surface area contributed by atoms with E-state index in [0.29, 0.717) is 11.3 Å². The summed E-state index contributed by atoms with van der Waals surface area (Å²) in [5.74, 6) is 0. The number of hydrogen-bond acceptors (Lipinski definition) is 1. The summed E-state index contributed by atoms with van der Waals surface area (Å²) in [7, 11) is 0. The van der Waals surface area contributed by atoms with Gasteiger partial charge in [-0.25, -0.2) is 4.85 Å². The van der Waals surface area contributed by atoms with E-state index in [1.54, 1.807) is 0 Å². The first-order chi connectivity index (χ1) is 24.7. The third-order valence-corrected chi connectivity index (χ3v) is 10.5. The molecule has 10 aromatic carbocycles. The molecule has 50 heavy (non-hydrogen) atoms. The molecule has 0 N–H and O–H groups in total. The van der Waals surface area contributed by atoms with Gasteiger partial charge in [0.2, 0.25) is 0 Å². The summed E-state index contributed by atoms with van der Waals surface area (Å²) in [6, 6.07) is 58.3. The summed E-state index contributed by atoms with van der Waals surface area (Å²) in [5.41, 5.74) is 8.13. The van der Waals surface area contributed by atoms with Gasteiger partial charge in [0, 0.05) is 0 Å². The summed E-state index contributed by atoms with van der Waals surface area (Å²) in [6.45, 7) is 7.55. The van der Waals surface area contributed by atoms with E-state index in [9.17, 15) is 5.26 Å². The number of nitrogens with zero attached hydrogens (tertiary/aromatic N) is 2. The Bertz CT molecular complexity index is 3080. The van der Waals surface area contributed by atoms with Gasteiger partial charge >= 0.3 is 0 Å². The molecule has 0 fully saturated rings. The van der Waals surface area contributed by atoms with Gasteiger partial charge in [0.25, 0.3) is 0 Å². The van der Waals surface area contributed by atoms with Crippen LogP contribution < -0.4 is 0 Å². The minimum Gasteiger partial charge on any atom is -0.238 e. The van der Waals surface area contributed by atoms with E-state index in [4.69, 9.17) is 6.57 Å². The monoisotopic (exact) mass is 630 g/mol. The Morgan fingerprint density at radius 3 is 1.76 bits per heavy atom. The zero-order chi connectivity index (χ0) is 33.3. The maximum atomic E-state index is 9.43. The third kappa shape index (κ3) is 4.07. The van der Waals surface area contributed by atoms with Crippen molar-refractivity contribution in [3.8, 4) is 39.4 Å². The van der Waals surface area contributed by atoms with Crippen LogP contribution in [0.4, 0.5) is 5.69 Å². The predicted molar refractivity (Wildman–Crippen MR) is 210 cm³/mol. The second-order valence-electron chi connectivity index (χ2n) is 13.0. The van der Waals surface area contributed by atoms with Gasteiger partial charge in [0.1, 0.15) is 0 Å². The lowest BCUT2D eigenvalue weighted by Gasteiger charge is -2.21. The molecule has 10 rings (SSSR count). The van der Waals surface area contributed by atoms with Crippen LogP contribution in [0.2, 0.25) is 0 Å². The molecule has 0 spiro atoms. The van der Waals surface area contributed by atoms with E-state index in [1.807, 2.05) is 36.4 Å². The summed E-state index contributed by atoms with van der Waals surface area (Å²) < 4.78 is 0. The highest BCUT2D eigenvalue weighted by Crippen LogP contribution is 2.48. The van der Waals surface area contributed by atoms with Gasteiger partial charge in [-0.2, -0.15) is 5.26 Å². The smallest absolute Gasteiger partial charge is 0.187 e. The van der Waals surface area contributed by atoms with E-state index < -0.39 is 0 Å². The molecule has 0 heterocycles. The molecular weight excluding hydrogens is 605 g/mol. The summed E-state index contributed by atoms with van der Waals surface area (Å²) in [4.78, 5) is 3.67. The van der Waals surface area contributed by atoms with Gasteiger partial charge < -0.3 is 0 Å². The molecule has 2 heteroatoms. The Hall–Kier alpha value is -7.00. The summed E-state index contributed by atoms with van der Waals surface area (Å²) >= 11 is 0. The first-order valence-electron chi connectivity index (χ1n) is 16.8. The molecule has 0 aliphatic rings. The van der Waals surface area contributed by atoms with Crippen molar-refractivity contribution in [1.82, 2.24) is 0 Å². The maximum Gasteiger partial charge on any atom is 0.187 e. The molecule has 0 aliphatic heterocycles. The molecule has 0 aromatic heterocycles. The molecule has 0 unspecified atom stereocenters. The van der Waals surface area contributed by atoms with Crippen molar-refractivity contribution in [1.29, 1.82) is 5.26 Å². The zero-order valence-electron chi connectivity index (χ0n) is 26.9. The third-order valence-electron chi connectivity index (χ3n) is 10.5. The molecule has 2 nitrogen and oxygen atoms in total. The fourth-order valence-corrected chi connectivity index (χ4v) is 8.15. The van der Waals surface area contributed by atoms with Crippen LogP contribution in [0.1, 0.15) is 5.56 Å². The van der Waals surface area contributed by atoms with Crippen LogP contribution in [-0.4, -0.2) is 0 Å². The van der Waals surface area contributed by atoms with Gasteiger partial charge in [0.15, 0.2) is 5.69 Å². The maximum absolute atomic E-state index is 9.43. The van der Waals surface area contributed by atoms with Crippen molar-refractivity contribution in [2.45, 2.75) is 0 Å². The quantitative estimate of drug-likeness (QED) is 0.141. The van der Waals surface area contributed by atoms with Crippen molar-refractivity contribution in [2.75, 3.05) is 0 Å². The molecular formula is C48H26N2. The SMILES string of the molecule is [C-]#[N+]c1ccc(-c2cc(-c3cc4ccc5ccccc5c4c4ccccc34)c3ccc4c(-c5ccc(C#N)cc5)ccc5ccc2c3c54)cc1. The highest BCUT2D eigenvalue weighted by atomic mass is 14.6.